The Balaban J connectivity index is 1.67. The summed E-state index contributed by atoms with van der Waals surface area (Å²) in [6, 6.07) is 20.2. The van der Waals surface area contributed by atoms with Gasteiger partial charge in [-0.1, -0.05) is 36.4 Å². The fourth-order valence-electron chi connectivity index (χ4n) is 2.67. The lowest BCUT2D eigenvalue weighted by Gasteiger charge is -2.11. The summed E-state index contributed by atoms with van der Waals surface area (Å²) in [6.07, 6.45) is 0. The highest BCUT2D eigenvalue weighted by molar-refractivity contribution is 6.06. The van der Waals surface area contributed by atoms with Gasteiger partial charge < -0.3 is 16.0 Å². The van der Waals surface area contributed by atoms with Gasteiger partial charge in [-0.05, 0) is 49.6 Å². The van der Waals surface area contributed by atoms with Crippen molar-refractivity contribution >= 4 is 34.1 Å². The van der Waals surface area contributed by atoms with Gasteiger partial charge in [0.15, 0.2) is 0 Å². The Morgan fingerprint density at radius 3 is 2.23 bits per heavy atom. The number of hydrogen-bond donors (Lipinski definition) is 3. The lowest BCUT2D eigenvalue weighted by molar-refractivity contribution is 0.0943. The van der Waals surface area contributed by atoms with E-state index in [0.29, 0.717) is 11.3 Å². The minimum atomic E-state index is -0.333. The molecule has 0 aliphatic carbocycles. The Morgan fingerprint density at radius 1 is 0.808 bits per heavy atom. The van der Waals surface area contributed by atoms with Crippen molar-refractivity contribution in [2.75, 3.05) is 10.6 Å². The van der Waals surface area contributed by atoms with E-state index in [2.05, 4.69) is 16.0 Å². The van der Waals surface area contributed by atoms with E-state index in [0.717, 1.165) is 16.5 Å². The van der Waals surface area contributed by atoms with Gasteiger partial charge in [0.25, 0.3) is 5.91 Å². The van der Waals surface area contributed by atoms with Gasteiger partial charge in [0.1, 0.15) is 0 Å². The van der Waals surface area contributed by atoms with Crippen LogP contribution in [0.2, 0.25) is 0 Å². The van der Waals surface area contributed by atoms with Gasteiger partial charge in [-0.2, -0.15) is 0 Å². The van der Waals surface area contributed by atoms with Crippen LogP contribution in [-0.4, -0.2) is 18.0 Å². The number of benzene rings is 3. The van der Waals surface area contributed by atoms with Gasteiger partial charge in [0, 0.05) is 22.7 Å². The molecule has 0 bridgehead atoms. The van der Waals surface area contributed by atoms with Crippen LogP contribution in [0.3, 0.4) is 0 Å². The Hall–Kier alpha value is -3.34. The molecular weight excluding hydrogens is 326 g/mol. The summed E-state index contributed by atoms with van der Waals surface area (Å²) in [5, 5.41) is 10.5. The molecule has 0 aromatic heterocycles. The molecule has 0 spiro atoms. The largest absolute Gasteiger partial charge is 0.350 e. The first-order valence-electron chi connectivity index (χ1n) is 8.49. The predicted molar refractivity (Wildman–Crippen MR) is 106 cm³/mol. The molecule has 0 heterocycles. The van der Waals surface area contributed by atoms with Crippen LogP contribution in [0.25, 0.3) is 10.8 Å². The van der Waals surface area contributed by atoms with Gasteiger partial charge in [-0.3, -0.25) is 4.79 Å². The zero-order chi connectivity index (χ0) is 18.5. The summed E-state index contributed by atoms with van der Waals surface area (Å²) < 4.78 is 0. The second-order valence-electron chi connectivity index (χ2n) is 6.31. The first-order chi connectivity index (χ1) is 12.5. The van der Waals surface area contributed by atoms with E-state index in [-0.39, 0.29) is 18.0 Å². The van der Waals surface area contributed by atoms with Crippen molar-refractivity contribution in [1.82, 2.24) is 5.32 Å². The number of urea groups is 1. The molecule has 5 heteroatoms. The third-order valence-electron chi connectivity index (χ3n) is 3.86. The molecule has 3 amide bonds. The number of carbonyl (C=O) groups excluding carboxylic acids is 2. The van der Waals surface area contributed by atoms with Crippen LogP contribution in [-0.2, 0) is 0 Å². The molecule has 132 valence electrons. The Morgan fingerprint density at radius 2 is 1.50 bits per heavy atom. The number of anilines is 2. The van der Waals surface area contributed by atoms with Crippen LogP contribution in [0.1, 0.15) is 24.2 Å². The molecule has 0 aliphatic rings. The van der Waals surface area contributed by atoms with Crippen LogP contribution in [0.4, 0.5) is 16.2 Å². The highest BCUT2D eigenvalue weighted by atomic mass is 16.2. The van der Waals surface area contributed by atoms with Gasteiger partial charge in [0.05, 0.1) is 5.69 Å². The molecule has 3 rings (SSSR count). The van der Waals surface area contributed by atoms with Gasteiger partial charge in [-0.15, -0.1) is 0 Å². The fraction of sp³-hybridized carbons (Fsp3) is 0.143. The number of rotatable bonds is 4. The van der Waals surface area contributed by atoms with Gasteiger partial charge in [0.2, 0.25) is 0 Å². The first-order valence-corrected chi connectivity index (χ1v) is 8.49. The molecule has 0 atom stereocenters. The summed E-state index contributed by atoms with van der Waals surface area (Å²) in [5.74, 6) is -0.133. The van der Waals surface area contributed by atoms with Crippen LogP contribution in [0.15, 0.2) is 66.7 Å². The van der Waals surface area contributed by atoms with Crippen molar-refractivity contribution in [1.29, 1.82) is 0 Å². The second kappa shape index (κ2) is 7.70. The number of hydrogen-bond acceptors (Lipinski definition) is 2. The second-order valence-corrected chi connectivity index (χ2v) is 6.31. The number of amides is 3. The predicted octanol–water partition coefficient (Wildman–Crippen LogP) is 4.62. The maximum atomic E-state index is 12.3. The fourth-order valence-corrected chi connectivity index (χ4v) is 2.67. The molecule has 0 fully saturated rings. The van der Waals surface area contributed by atoms with Crippen molar-refractivity contribution in [3.05, 3.63) is 72.3 Å². The Kier molecular flexibility index (Phi) is 5.17. The van der Waals surface area contributed by atoms with Crippen molar-refractivity contribution in [2.24, 2.45) is 0 Å². The van der Waals surface area contributed by atoms with Crippen LogP contribution >= 0.6 is 0 Å². The molecule has 0 radical (unpaired) electrons. The summed E-state index contributed by atoms with van der Waals surface area (Å²) in [5.41, 5.74) is 1.91. The third-order valence-corrected chi connectivity index (χ3v) is 3.86. The summed E-state index contributed by atoms with van der Waals surface area (Å²) in [6.45, 7) is 3.82. The van der Waals surface area contributed by atoms with Gasteiger partial charge in [-0.25, -0.2) is 4.79 Å². The average molecular weight is 347 g/mol. The maximum absolute atomic E-state index is 12.3. The monoisotopic (exact) mass is 347 g/mol. The molecule has 0 aliphatic heterocycles. The molecule has 3 aromatic rings. The number of carbonyl (C=O) groups is 2. The number of fused-ring (bicyclic) bond motifs is 1. The molecule has 26 heavy (non-hydrogen) atoms. The highest BCUT2D eigenvalue weighted by Crippen LogP contribution is 2.23. The molecule has 0 saturated heterocycles. The number of nitrogens with one attached hydrogen (secondary N) is 3. The van der Waals surface area contributed by atoms with Gasteiger partial charge >= 0.3 is 6.03 Å². The zero-order valence-corrected chi connectivity index (χ0v) is 14.7. The zero-order valence-electron chi connectivity index (χ0n) is 14.7. The average Bonchev–Trinajstić information content (AvgIpc) is 2.62. The molecular formula is C21H21N3O2. The molecule has 3 aromatic carbocycles. The van der Waals surface area contributed by atoms with E-state index in [4.69, 9.17) is 0 Å². The highest BCUT2D eigenvalue weighted by Gasteiger charge is 2.08. The van der Waals surface area contributed by atoms with E-state index >= 15 is 0 Å². The quantitative estimate of drug-likeness (QED) is 0.644. The standard InChI is InChI=1S/C21H21N3O2/c1-14(2)22-20(25)16-10-12-17(13-11-16)23-21(26)24-19-9-5-7-15-6-3-4-8-18(15)19/h3-14H,1-2H3,(H,22,25)(H2,23,24,26). The van der Waals surface area contributed by atoms with Crippen LogP contribution < -0.4 is 16.0 Å². The minimum Gasteiger partial charge on any atom is -0.350 e. The summed E-state index contributed by atoms with van der Waals surface area (Å²) in [4.78, 5) is 24.2. The SMILES string of the molecule is CC(C)NC(=O)c1ccc(NC(=O)Nc2cccc3ccccc23)cc1. The third kappa shape index (κ3) is 4.19. The molecule has 3 N–H and O–H groups in total. The van der Waals surface area contributed by atoms with E-state index in [1.807, 2.05) is 56.3 Å². The van der Waals surface area contributed by atoms with Crippen LogP contribution in [0.5, 0.6) is 0 Å². The maximum Gasteiger partial charge on any atom is 0.323 e. The topological polar surface area (TPSA) is 70.2 Å². The van der Waals surface area contributed by atoms with E-state index in [1.165, 1.54) is 0 Å². The van der Waals surface area contributed by atoms with Crippen molar-refractivity contribution in [2.45, 2.75) is 19.9 Å². The Labute approximate surface area is 152 Å². The van der Waals surface area contributed by atoms with E-state index in [1.54, 1.807) is 24.3 Å². The first kappa shape index (κ1) is 17.5. The normalized spacial score (nSPS) is 10.6. The molecule has 0 saturated carbocycles. The smallest absolute Gasteiger partial charge is 0.323 e. The lowest BCUT2D eigenvalue weighted by atomic mass is 10.1. The van der Waals surface area contributed by atoms with Crippen molar-refractivity contribution in [3.8, 4) is 0 Å². The van der Waals surface area contributed by atoms with E-state index in [9.17, 15) is 9.59 Å². The lowest BCUT2D eigenvalue weighted by Crippen LogP contribution is -2.30. The summed E-state index contributed by atoms with van der Waals surface area (Å²) in [7, 11) is 0. The molecule has 0 unspecified atom stereocenters. The summed E-state index contributed by atoms with van der Waals surface area (Å²) >= 11 is 0. The minimum absolute atomic E-state index is 0.0757. The van der Waals surface area contributed by atoms with E-state index < -0.39 is 0 Å². The van der Waals surface area contributed by atoms with Crippen LogP contribution in [0, 0.1) is 0 Å². The Bertz CT molecular complexity index is 928. The van der Waals surface area contributed by atoms with Crippen molar-refractivity contribution < 1.29 is 9.59 Å². The molecule has 5 nitrogen and oxygen atoms in total. The van der Waals surface area contributed by atoms with Crippen molar-refractivity contribution in [3.63, 3.8) is 0 Å².